The van der Waals surface area contributed by atoms with Gasteiger partial charge in [-0.25, -0.2) is 10.2 Å². The fourth-order valence-electron chi connectivity index (χ4n) is 3.17. The SMILES string of the molecule is CCOc1ccc(C(=O)N/N=C/c2cc(Cl)c(OCc3ccc(C(=O)O)cc3)c(OC)c2)cc1OC. The number of aromatic carboxylic acids is 1. The van der Waals surface area contributed by atoms with E-state index in [0.29, 0.717) is 40.7 Å². The second kappa shape index (κ2) is 12.5. The van der Waals surface area contributed by atoms with Gasteiger partial charge in [0, 0.05) is 5.56 Å². The maximum absolute atomic E-state index is 12.5. The third-order valence-corrected chi connectivity index (χ3v) is 5.22. The number of carbonyl (C=O) groups is 2. The molecule has 10 heteroatoms. The topological polar surface area (TPSA) is 116 Å². The van der Waals surface area contributed by atoms with E-state index >= 15 is 0 Å². The molecule has 0 aliphatic heterocycles. The molecule has 3 rings (SSSR count). The van der Waals surface area contributed by atoms with Crippen molar-refractivity contribution in [3.63, 3.8) is 0 Å². The van der Waals surface area contributed by atoms with Crippen molar-refractivity contribution in [1.82, 2.24) is 5.43 Å². The van der Waals surface area contributed by atoms with E-state index in [1.807, 2.05) is 6.92 Å². The van der Waals surface area contributed by atoms with Crippen LogP contribution in [-0.4, -0.2) is 44.0 Å². The van der Waals surface area contributed by atoms with Gasteiger partial charge in [-0.3, -0.25) is 4.79 Å². The van der Waals surface area contributed by atoms with Gasteiger partial charge >= 0.3 is 5.97 Å². The molecule has 36 heavy (non-hydrogen) atoms. The quantitative estimate of drug-likeness (QED) is 0.280. The third-order valence-electron chi connectivity index (χ3n) is 4.94. The van der Waals surface area contributed by atoms with Gasteiger partial charge in [0.25, 0.3) is 5.91 Å². The summed E-state index contributed by atoms with van der Waals surface area (Å²) in [4.78, 5) is 23.5. The number of nitrogens with one attached hydrogen (secondary N) is 1. The second-order valence-corrected chi connectivity index (χ2v) is 7.73. The van der Waals surface area contributed by atoms with Crippen LogP contribution in [0.15, 0.2) is 59.7 Å². The molecule has 0 saturated heterocycles. The summed E-state index contributed by atoms with van der Waals surface area (Å²) in [6.45, 7) is 2.49. The molecule has 3 aromatic carbocycles. The van der Waals surface area contributed by atoms with Crippen LogP contribution in [0.4, 0.5) is 0 Å². The lowest BCUT2D eigenvalue weighted by Gasteiger charge is -2.13. The highest BCUT2D eigenvalue weighted by Gasteiger charge is 2.13. The zero-order chi connectivity index (χ0) is 26.1. The van der Waals surface area contributed by atoms with Gasteiger partial charge in [0.2, 0.25) is 0 Å². The highest BCUT2D eigenvalue weighted by atomic mass is 35.5. The molecule has 0 bridgehead atoms. The van der Waals surface area contributed by atoms with Crippen LogP contribution in [0.25, 0.3) is 0 Å². The first-order valence-corrected chi connectivity index (χ1v) is 11.2. The highest BCUT2D eigenvalue weighted by Crippen LogP contribution is 2.36. The van der Waals surface area contributed by atoms with Crippen LogP contribution >= 0.6 is 11.6 Å². The summed E-state index contributed by atoms with van der Waals surface area (Å²) in [7, 11) is 2.97. The number of halogens is 1. The fourth-order valence-corrected chi connectivity index (χ4v) is 3.44. The molecule has 188 valence electrons. The third kappa shape index (κ3) is 6.67. The van der Waals surface area contributed by atoms with E-state index in [-0.39, 0.29) is 17.2 Å². The second-order valence-electron chi connectivity index (χ2n) is 7.32. The molecule has 0 aliphatic rings. The van der Waals surface area contributed by atoms with Crippen LogP contribution in [0.2, 0.25) is 5.02 Å². The summed E-state index contributed by atoms with van der Waals surface area (Å²) in [5, 5.41) is 13.3. The van der Waals surface area contributed by atoms with E-state index in [1.165, 1.54) is 32.6 Å². The first-order valence-electron chi connectivity index (χ1n) is 10.8. The molecule has 0 aliphatic carbocycles. The number of hydrazone groups is 1. The van der Waals surface area contributed by atoms with Crippen molar-refractivity contribution in [2.45, 2.75) is 13.5 Å². The number of hydrogen-bond acceptors (Lipinski definition) is 7. The van der Waals surface area contributed by atoms with E-state index in [1.54, 1.807) is 42.5 Å². The molecule has 2 N–H and O–H groups in total. The molecule has 0 radical (unpaired) electrons. The van der Waals surface area contributed by atoms with Crippen molar-refractivity contribution in [3.8, 4) is 23.0 Å². The minimum absolute atomic E-state index is 0.158. The minimum Gasteiger partial charge on any atom is -0.493 e. The average Bonchev–Trinajstić information content (AvgIpc) is 2.88. The first kappa shape index (κ1) is 26.4. The summed E-state index contributed by atoms with van der Waals surface area (Å²) in [5.41, 5.74) is 4.33. The van der Waals surface area contributed by atoms with Crippen LogP contribution in [0.1, 0.15) is 38.8 Å². The molecule has 0 atom stereocenters. The number of nitrogens with zero attached hydrogens (tertiary/aromatic N) is 1. The number of hydrogen-bond donors (Lipinski definition) is 2. The Hall–Kier alpha value is -4.24. The summed E-state index contributed by atoms with van der Waals surface area (Å²) >= 11 is 6.40. The van der Waals surface area contributed by atoms with Gasteiger partial charge in [-0.05, 0) is 60.5 Å². The number of methoxy groups -OCH3 is 2. The van der Waals surface area contributed by atoms with E-state index < -0.39 is 11.9 Å². The van der Waals surface area contributed by atoms with Crippen LogP contribution in [-0.2, 0) is 6.61 Å². The van der Waals surface area contributed by atoms with Crippen molar-refractivity contribution in [3.05, 3.63) is 81.9 Å². The normalized spacial score (nSPS) is 10.7. The molecular formula is C26H25ClN2O7. The van der Waals surface area contributed by atoms with Crippen molar-refractivity contribution in [2.75, 3.05) is 20.8 Å². The Morgan fingerprint density at radius 2 is 1.64 bits per heavy atom. The Bertz CT molecular complexity index is 1260. The number of benzene rings is 3. The van der Waals surface area contributed by atoms with E-state index in [4.69, 9.17) is 35.7 Å². The summed E-state index contributed by atoms with van der Waals surface area (Å²) in [6, 6.07) is 14.4. The molecule has 0 unspecified atom stereocenters. The number of rotatable bonds is 11. The number of carbonyl (C=O) groups excluding carboxylic acids is 1. The number of ether oxygens (including phenoxy) is 4. The molecule has 9 nitrogen and oxygen atoms in total. The fraction of sp³-hybridized carbons (Fsp3) is 0.192. The van der Waals surface area contributed by atoms with Gasteiger partial charge in [-0.15, -0.1) is 0 Å². The van der Waals surface area contributed by atoms with Crippen molar-refractivity contribution >= 4 is 29.7 Å². The zero-order valence-corrected chi connectivity index (χ0v) is 20.7. The molecule has 0 spiro atoms. The smallest absolute Gasteiger partial charge is 0.335 e. The van der Waals surface area contributed by atoms with Crippen molar-refractivity contribution in [1.29, 1.82) is 0 Å². The molecule has 0 aromatic heterocycles. The van der Waals surface area contributed by atoms with Gasteiger partial charge in [0.1, 0.15) is 6.61 Å². The zero-order valence-electron chi connectivity index (χ0n) is 19.9. The standard InChI is InChI=1S/C26H25ClN2O7/c1-4-35-21-10-9-19(13-22(21)33-2)25(30)29-28-14-17-11-20(27)24(23(12-17)34-3)36-15-16-5-7-18(8-6-16)26(31)32/h5-14H,4,15H2,1-3H3,(H,29,30)(H,31,32)/b28-14+. The Morgan fingerprint density at radius 3 is 2.28 bits per heavy atom. The lowest BCUT2D eigenvalue weighted by molar-refractivity contribution is 0.0696. The van der Waals surface area contributed by atoms with E-state index in [2.05, 4.69) is 10.5 Å². The van der Waals surface area contributed by atoms with Crippen molar-refractivity contribution < 1.29 is 33.6 Å². The number of carboxylic acid groups (broad SMARTS) is 1. The van der Waals surface area contributed by atoms with Crippen LogP contribution in [0.3, 0.4) is 0 Å². The molecule has 0 saturated carbocycles. The lowest BCUT2D eigenvalue weighted by Crippen LogP contribution is -2.17. The predicted octanol–water partition coefficient (Wildman–Crippen LogP) is 4.80. The highest BCUT2D eigenvalue weighted by molar-refractivity contribution is 6.32. The monoisotopic (exact) mass is 512 g/mol. The van der Waals surface area contributed by atoms with Gasteiger partial charge in [-0.2, -0.15) is 5.10 Å². The van der Waals surface area contributed by atoms with Gasteiger partial charge < -0.3 is 24.1 Å². The maximum Gasteiger partial charge on any atom is 0.335 e. The number of amides is 1. The van der Waals surface area contributed by atoms with Crippen molar-refractivity contribution in [2.24, 2.45) is 5.10 Å². The lowest BCUT2D eigenvalue weighted by atomic mass is 10.1. The van der Waals surface area contributed by atoms with Crippen LogP contribution < -0.4 is 24.4 Å². The maximum atomic E-state index is 12.5. The first-order chi connectivity index (χ1) is 17.4. The van der Waals surface area contributed by atoms with Gasteiger partial charge in [-0.1, -0.05) is 23.7 Å². The molecule has 0 fully saturated rings. The van der Waals surface area contributed by atoms with E-state index in [9.17, 15) is 9.59 Å². The number of carboxylic acids is 1. The van der Waals surface area contributed by atoms with Gasteiger partial charge in [0.05, 0.1) is 37.6 Å². The molecule has 0 heterocycles. The van der Waals surface area contributed by atoms with Crippen LogP contribution in [0.5, 0.6) is 23.0 Å². The van der Waals surface area contributed by atoms with Gasteiger partial charge in [0.15, 0.2) is 23.0 Å². The Kier molecular flexibility index (Phi) is 9.13. The summed E-state index contributed by atoms with van der Waals surface area (Å²) in [6.07, 6.45) is 1.42. The minimum atomic E-state index is -1.00. The Balaban J connectivity index is 1.67. The largest absolute Gasteiger partial charge is 0.493 e. The Labute approximate surface area is 213 Å². The van der Waals surface area contributed by atoms with Crippen LogP contribution in [0, 0.1) is 0 Å². The Morgan fingerprint density at radius 1 is 0.944 bits per heavy atom. The summed E-state index contributed by atoms with van der Waals surface area (Å²) in [5.74, 6) is 0.247. The molecular weight excluding hydrogens is 488 g/mol. The average molecular weight is 513 g/mol. The molecule has 1 amide bonds. The predicted molar refractivity (Wildman–Crippen MR) is 135 cm³/mol. The van der Waals surface area contributed by atoms with E-state index in [0.717, 1.165) is 5.56 Å². The summed E-state index contributed by atoms with van der Waals surface area (Å²) < 4.78 is 21.9. The molecule has 3 aromatic rings.